The number of anilines is 1. The van der Waals surface area contributed by atoms with Gasteiger partial charge in [0, 0.05) is 22.4 Å². The lowest BCUT2D eigenvalue weighted by molar-refractivity contribution is -0.384. The fraction of sp³-hybridized carbons (Fsp3) is 0.273. The number of aromatic nitrogens is 2. The van der Waals surface area contributed by atoms with E-state index in [4.69, 9.17) is 10.6 Å². The number of β-lactam (4-membered cyclic amide) rings is 1. The van der Waals surface area contributed by atoms with Crippen LogP contribution in [0.25, 0.3) is 10.2 Å². The van der Waals surface area contributed by atoms with Crippen LogP contribution in [0.15, 0.2) is 43.7 Å². The molecule has 0 saturated carbocycles. The number of thiazole rings is 2. The summed E-state index contributed by atoms with van der Waals surface area (Å²) in [4.78, 5) is 63.6. The number of allylic oxidation sites excluding steroid dienone is 1. The van der Waals surface area contributed by atoms with Crippen LogP contribution < -0.4 is 11.1 Å². The zero-order chi connectivity index (χ0) is 28.6. The van der Waals surface area contributed by atoms with Gasteiger partial charge in [-0.05, 0) is 18.9 Å². The van der Waals surface area contributed by atoms with Gasteiger partial charge >= 0.3 is 5.97 Å². The Morgan fingerprint density at radius 2 is 2.20 bits per heavy atom. The van der Waals surface area contributed by atoms with Crippen LogP contribution in [0.3, 0.4) is 0 Å². The number of hydrogen-bond acceptors (Lipinski definition) is 13. The number of benzene rings is 1. The van der Waals surface area contributed by atoms with E-state index in [0.29, 0.717) is 25.9 Å². The Morgan fingerprint density at radius 1 is 1.40 bits per heavy atom. The normalized spacial score (nSPS) is 18.9. The highest BCUT2D eigenvalue weighted by atomic mass is 32.2. The average molecular weight is 608 g/mol. The standard InChI is InChI=1S/C22H18FN7O7S3/c23-5-6-37-28-15(11-8-38-21(24)25-11)18(31)27-16-12-3-4-13(17(20(33)34)29(12)19(16)32)39-22-26-10-2-1-9(30(35)36)7-14(10)40-22/h1-2,7-8,12,16H,3-6H2,(H2,24,25)(H,27,31)(H,33,34)/b28-15-/t12-,16+/m1/s1. The van der Waals surface area contributed by atoms with E-state index in [0.717, 1.165) is 28.0 Å². The van der Waals surface area contributed by atoms with Crippen molar-refractivity contribution in [3.05, 3.63) is 50.0 Å². The molecular weight excluding hydrogens is 589 g/mol. The molecule has 18 heteroatoms. The molecule has 14 nitrogen and oxygen atoms in total. The van der Waals surface area contributed by atoms with E-state index >= 15 is 0 Å². The van der Waals surface area contributed by atoms with Gasteiger partial charge in [0.2, 0.25) is 0 Å². The van der Waals surface area contributed by atoms with Gasteiger partial charge in [-0.15, -0.1) is 22.7 Å². The zero-order valence-electron chi connectivity index (χ0n) is 20.1. The van der Waals surface area contributed by atoms with Gasteiger partial charge in [-0.2, -0.15) is 0 Å². The number of non-ortho nitro benzene ring substituents is 1. The van der Waals surface area contributed by atoms with Crippen LogP contribution in [0.4, 0.5) is 15.2 Å². The third-order valence-electron chi connectivity index (χ3n) is 5.96. The number of carbonyl (C=O) groups is 3. The first-order valence-electron chi connectivity index (χ1n) is 11.5. The molecule has 2 aromatic heterocycles. The Morgan fingerprint density at radius 3 is 2.88 bits per heavy atom. The summed E-state index contributed by atoms with van der Waals surface area (Å²) in [6, 6.07) is 2.59. The number of carbonyl (C=O) groups excluding carboxylic acids is 2. The zero-order valence-corrected chi connectivity index (χ0v) is 22.6. The molecule has 0 bridgehead atoms. The smallest absolute Gasteiger partial charge is 0.353 e. The van der Waals surface area contributed by atoms with Crippen LogP contribution in [0, 0.1) is 10.1 Å². The van der Waals surface area contributed by atoms with Gasteiger partial charge in [0.15, 0.2) is 15.2 Å². The summed E-state index contributed by atoms with van der Waals surface area (Å²) < 4.78 is 13.5. The first-order chi connectivity index (χ1) is 19.2. The van der Waals surface area contributed by atoms with Crippen LogP contribution >= 0.6 is 34.4 Å². The molecule has 40 heavy (non-hydrogen) atoms. The summed E-state index contributed by atoms with van der Waals surface area (Å²) in [7, 11) is 0. The van der Waals surface area contributed by atoms with E-state index in [1.807, 2.05) is 0 Å². The number of carboxylic acid groups (broad SMARTS) is 1. The van der Waals surface area contributed by atoms with Gasteiger partial charge in [0.25, 0.3) is 17.5 Å². The Kier molecular flexibility index (Phi) is 7.63. The Balaban J connectivity index is 1.35. The number of carboxylic acids is 1. The van der Waals surface area contributed by atoms with E-state index in [9.17, 15) is 34.0 Å². The molecule has 2 aliphatic rings. The molecule has 208 valence electrons. The fourth-order valence-electron chi connectivity index (χ4n) is 4.24. The van der Waals surface area contributed by atoms with Crippen molar-refractivity contribution in [3.8, 4) is 0 Å². The van der Waals surface area contributed by atoms with Gasteiger partial charge in [0.1, 0.15) is 30.7 Å². The molecule has 2 amide bonds. The topological polar surface area (TPSA) is 203 Å². The predicted octanol–water partition coefficient (Wildman–Crippen LogP) is 2.51. The lowest BCUT2D eigenvalue weighted by atomic mass is 9.86. The van der Waals surface area contributed by atoms with E-state index in [1.165, 1.54) is 34.9 Å². The highest BCUT2D eigenvalue weighted by Gasteiger charge is 2.54. The van der Waals surface area contributed by atoms with Crippen LogP contribution in [-0.2, 0) is 19.2 Å². The quantitative estimate of drug-likeness (QED) is 0.100. The SMILES string of the molecule is Nc1nc(/C(=N/OCCF)C(=O)N[C@@H]2C(=O)N3C(C(=O)O)=C(Sc4nc5ccc([N+](=O)[O-])cc5s4)CC[C@H]23)cs1. The van der Waals surface area contributed by atoms with Crippen molar-refractivity contribution >= 4 is 79.0 Å². The maximum absolute atomic E-state index is 13.1. The number of halogens is 1. The molecular formula is C22H18FN7O7S3. The van der Waals surface area contributed by atoms with Gasteiger partial charge in [0.05, 0.1) is 21.2 Å². The van der Waals surface area contributed by atoms with Crippen molar-refractivity contribution in [2.75, 3.05) is 19.0 Å². The van der Waals surface area contributed by atoms with E-state index in [-0.39, 0.29) is 34.3 Å². The number of alkyl halides is 1. The molecule has 0 aliphatic carbocycles. The highest BCUT2D eigenvalue weighted by Crippen LogP contribution is 2.45. The van der Waals surface area contributed by atoms with Crippen LogP contribution in [0.2, 0.25) is 0 Å². The second-order valence-electron chi connectivity index (χ2n) is 8.37. The number of thioether (sulfide) groups is 1. The number of fused-ring (bicyclic) bond motifs is 2. The minimum Gasteiger partial charge on any atom is -0.477 e. The van der Waals surface area contributed by atoms with E-state index in [1.54, 1.807) is 0 Å². The Hall–Kier alpha value is -4.16. The molecule has 0 spiro atoms. The summed E-state index contributed by atoms with van der Waals surface area (Å²) in [6.07, 6.45) is 0.632. The Labute approximate surface area is 235 Å². The number of aliphatic carboxylic acids is 1. The van der Waals surface area contributed by atoms with Crippen molar-refractivity contribution in [2.45, 2.75) is 29.3 Å². The Bertz CT molecular complexity index is 1600. The minimum atomic E-state index is -1.32. The van der Waals surface area contributed by atoms with E-state index in [2.05, 4.69) is 20.4 Å². The molecule has 3 aromatic rings. The second kappa shape index (κ2) is 11.1. The van der Waals surface area contributed by atoms with Crippen molar-refractivity contribution in [3.63, 3.8) is 0 Å². The third-order valence-corrected chi connectivity index (χ3v) is 8.86. The number of rotatable bonds is 10. The minimum absolute atomic E-state index is 0.0807. The first-order valence-corrected chi connectivity index (χ1v) is 14.0. The lowest BCUT2D eigenvalue weighted by Crippen LogP contribution is -2.72. The lowest BCUT2D eigenvalue weighted by Gasteiger charge is -2.49. The molecule has 0 radical (unpaired) electrons. The number of oxime groups is 1. The van der Waals surface area contributed by atoms with Gasteiger partial charge < -0.3 is 21.0 Å². The molecule has 2 atom stereocenters. The average Bonchev–Trinajstić information content (AvgIpc) is 3.53. The number of amides is 2. The molecule has 2 aliphatic heterocycles. The molecule has 5 rings (SSSR count). The number of nitro benzene ring substituents is 1. The predicted molar refractivity (Wildman–Crippen MR) is 144 cm³/mol. The summed E-state index contributed by atoms with van der Waals surface area (Å²) >= 11 is 3.31. The van der Waals surface area contributed by atoms with Gasteiger partial charge in [-0.3, -0.25) is 24.6 Å². The third kappa shape index (κ3) is 5.19. The number of hydrogen-bond donors (Lipinski definition) is 3. The fourth-order valence-corrected chi connectivity index (χ4v) is 7.11. The van der Waals surface area contributed by atoms with Crippen LogP contribution in [0.5, 0.6) is 0 Å². The van der Waals surface area contributed by atoms with Crippen LogP contribution in [0.1, 0.15) is 18.5 Å². The molecule has 0 unspecified atom stereocenters. The van der Waals surface area contributed by atoms with Crippen LogP contribution in [-0.4, -0.2) is 73.8 Å². The number of nitrogens with two attached hydrogens (primary N) is 1. The largest absolute Gasteiger partial charge is 0.477 e. The number of nitro groups is 1. The van der Waals surface area contributed by atoms with Crippen molar-refractivity contribution in [1.29, 1.82) is 0 Å². The molecule has 1 aromatic carbocycles. The summed E-state index contributed by atoms with van der Waals surface area (Å²) in [5.74, 6) is -2.76. The molecule has 1 saturated heterocycles. The first kappa shape index (κ1) is 27.4. The summed E-state index contributed by atoms with van der Waals surface area (Å²) in [6.45, 7) is -1.23. The van der Waals surface area contributed by atoms with E-state index < -0.39 is 48.1 Å². The molecule has 4 N–H and O–H groups in total. The monoisotopic (exact) mass is 607 g/mol. The highest BCUT2D eigenvalue weighted by molar-refractivity contribution is 8.04. The maximum atomic E-state index is 13.1. The molecule has 1 fully saturated rings. The van der Waals surface area contributed by atoms with Gasteiger partial charge in [-0.25, -0.2) is 19.2 Å². The number of nitrogens with one attached hydrogen (secondary N) is 1. The van der Waals surface area contributed by atoms with Crippen molar-refractivity contribution in [1.82, 2.24) is 20.2 Å². The number of nitrogens with zero attached hydrogens (tertiary/aromatic N) is 5. The summed E-state index contributed by atoms with van der Waals surface area (Å²) in [5.41, 5.74) is 5.65. The molecule has 4 heterocycles. The van der Waals surface area contributed by atoms with Crippen molar-refractivity contribution < 1.29 is 33.6 Å². The maximum Gasteiger partial charge on any atom is 0.353 e. The summed E-state index contributed by atoms with van der Waals surface area (Å²) in [5, 5.41) is 28.9. The van der Waals surface area contributed by atoms with Crippen molar-refractivity contribution in [2.24, 2.45) is 5.16 Å². The second-order valence-corrected chi connectivity index (χ2v) is 11.6. The van der Waals surface area contributed by atoms with Gasteiger partial charge in [-0.1, -0.05) is 16.9 Å². The number of nitrogen functional groups attached to an aromatic ring is 1.